The molecule has 63 heavy (non-hydrogen) atoms. The van der Waals surface area contributed by atoms with Gasteiger partial charge in [0.25, 0.3) is 0 Å². The molecular formula is C61H46N2. The molecule has 9 aromatic carbocycles. The molecule has 0 unspecified atom stereocenters. The Morgan fingerprint density at radius 2 is 0.810 bits per heavy atom. The number of nitrogens with zero attached hydrogens (tertiary/aromatic N) is 2. The zero-order chi connectivity index (χ0) is 42.4. The van der Waals surface area contributed by atoms with Crippen LogP contribution in [0, 0.1) is 13.8 Å². The zero-order valence-corrected chi connectivity index (χ0v) is 36.0. The maximum atomic E-state index is 2.44. The first-order chi connectivity index (χ1) is 30.8. The first kappa shape index (κ1) is 37.1. The smallest absolute Gasteiger partial charge is 0.0541 e. The highest BCUT2D eigenvalue weighted by atomic mass is 15.0. The first-order valence-corrected chi connectivity index (χ1v) is 22.1. The Bertz CT molecular complexity index is 3630. The molecule has 2 nitrogen and oxygen atoms in total. The number of benzene rings is 9. The normalized spacial score (nSPS) is 13.1. The largest absolute Gasteiger partial charge is 0.309 e. The van der Waals surface area contributed by atoms with Gasteiger partial charge in [0, 0.05) is 38.3 Å². The van der Waals surface area contributed by atoms with E-state index in [0.29, 0.717) is 0 Å². The SMILES string of the molecule is Cc1cc(C)cc(-n2c3ccccc3c3cc(-c4ccc5c(c4)C(C)(C)c4cc(/C=C/c6ccc(-c7ccc8c(c7)c7ccccc7n8-c7ccccc7)cc6)ccc4-5)ccc32)c1. The second-order valence-electron chi connectivity index (χ2n) is 18.0. The standard InChI is InChI=1S/C61H46N2/c1-39-32-40(2)34-48(33-39)63-58-17-11-9-15-52(58)54-37-45(27-31-60(54)63)46-25-29-50-49-28-22-42(35-55(49)61(3,4)56(50)38-46)19-18-41-20-23-43(24-21-41)44-26-30-59-53(36-44)51-14-8-10-16-57(51)62(59)47-12-6-5-7-13-47/h5-38H,1-4H3/b19-18+. The van der Waals surface area contributed by atoms with Crippen molar-refractivity contribution in [2.24, 2.45) is 0 Å². The maximum Gasteiger partial charge on any atom is 0.0541 e. The number of hydrogen-bond acceptors (Lipinski definition) is 0. The van der Waals surface area contributed by atoms with Crippen molar-refractivity contribution in [1.29, 1.82) is 0 Å². The van der Waals surface area contributed by atoms with E-state index in [1.807, 2.05) is 0 Å². The molecule has 2 heteroatoms. The van der Waals surface area contributed by atoms with Crippen molar-refractivity contribution in [3.63, 3.8) is 0 Å². The van der Waals surface area contributed by atoms with Crippen molar-refractivity contribution in [3.05, 3.63) is 228 Å². The minimum atomic E-state index is -0.135. The monoisotopic (exact) mass is 806 g/mol. The van der Waals surface area contributed by atoms with Crippen LogP contribution in [0.1, 0.15) is 47.2 Å². The lowest BCUT2D eigenvalue weighted by Gasteiger charge is -2.22. The van der Waals surface area contributed by atoms with Crippen molar-refractivity contribution in [2.45, 2.75) is 33.1 Å². The summed E-state index contributed by atoms with van der Waals surface area (Å²) in [4.78, 5) is 0. The fourth-order valence-corrected chi connectivity index (χ4v) is 10.5. The van der Waals surface area contributed by atoms with Crippen LogP contribution in [0.4, 0.5) is 0 Å². The van der Waals surface area contributed by atoms with Crippen LogP contribution in [0.2, 0.25) is 0 Å². The Labute approximate surface area is 368 Å². The van der Waals surface area contributed by atoms with E-state index in [1.54, 1.807) is 0 Å². The quantitative estimate of drug-likeness (QED) is 0.148. The van der Waals surface area contributed by atoms with Crippen molar-refractivity contribution in [1.82, 2.24) is 9.13 Å². The Balaban J connectivity index is 0.823. The average Bonchev–Trinajstić information content (AvgIpc) is 3.90. The molecule has 2 heterocycles. The third-order valence-corrected chi connectivity index (χ3v) is 13.6. The van der Waals surface area contributed by atoms with Crippen LogP contribution in [0.25, 0.3) is 101 Å². The van der Waals surface area contributed by atoms with E-state index in [9.17, 15) is 0 Å². The Kier molecular flexibility index (Phi) is 8.36. The molecule has 0 fully saturated rings. The summed E-state index contributed by atoms with van der Waals surface area (Å²) in [5, 5.41) is 5.09. The third kappa shape index (κ3) is 6.01. The van der Waals surface area contributed by atoms with Crippen LogP contribution in [-0.2, 0) is 5.41 Å². The van der Waals surface area contributed by atoms with Gasteiger partial charge in [-0.3, -0.25) is 0 Å². The molecule has 12 rings (SSSR count). The molecule has 0 saturated carbocycles. The van der Waals surface area contributed by atoms with Gasteiger partial charge in [0.05, 0.1) is 22.1 Å². The van der Waals surface area contributed by atoms with Gasteiger partial charge in [-0.2, -0.15) is 0 Å². The van der Waals surface area contributed by atoms with Gasteiger partial charge in [0.2, 0.25) is 0 Å². The van der Waals surface area contributed by atoms with Gasteiger partial charge in [-0.1, -0.05) is 153 Å². The fraction of sp³-hybridized carbons (Fsp3) is 0.0820. The lowest BCUT2D eigenvalue weighted by Crippen LogP contribution is -2.15. The van der Waals surface area contributed by atoms with Crippen LogP contribution < -0.4 is 0 Å². The molecule has 0 bridgehead atoms. The zero-order valence-electron chi connectivity index (χ0n) is 36.0. The molecule has 2 aromatic heterocycles. The van der Waals surface area contributed by atoms with Crippen LogP contribution >= 0.6 is 0 Å². The van der Waals surface area contributed by atoms with E-state index in [1.165, 1.54) is 122 Å². The molecule has 11 aromatic rings. The lowest BCUT2D eigenvalue weighted by atomic mass is 9.81. The molecule has 0 radical (unpaired) electrons. The number of fused-ring (bicyclic) bond motifs is 9. The highest BCUT2D eigenvalue weighted by molar-refractivity contribution is 6.11. The molecule has 0 amide bonds. The number of hydrogen-bond donors (Lipinski definition) is 0. The van der Waals surface area contributed by atoms with Crippen molar-refractivity contribution in [2.75, 3.05) is 0 Å². The Morgan fingerprint density at radius 3 is 1.46 bits per heavy atom. The van der Waals surface area contributed by atoms with Crippen molar-refractivity contribution in [3.8, 4) is 44.8 Å². The maximum absolute atomic E-state index is 2.44. The van der Waals surface area contributed by atoms with E-state index in [2.05, 4.69) is 243 Å². The molecule has 1 aliphatic rings. The number of para-hydroxylation sites is 3. The Morgan fingerprint density at radius 1 is 0.349 bits per heavy atom. The topological polar surface area (TPSA) is 9.86 Å². The van der Waals surface area contributed by atoms with Crippen LogP contribution in [0.15, 0.2) is 194 Å². The molecule has 0 N–H and O–H groups in total. The van der Waals surface area contributed by atoms with E-state index < -0.39 is 0 Å². The molecular weight excluding hydrogens is 761 g/mol. The second kappa shape index (κ2) is 14.2. The fourth-order valence-electron chi connectivity index (χ4n) is 10.5. The Hall–Kier alpha value is -7.68. The highest BCUT2D eigenvalue weighted by Gasteiger charge is 2.35. The minimum absolute atomic E-state index is 0.135. The van der Waals surface area contributed by atoms with E-state index in [0.717, 1.165) is 0 Å². The summed E-state index contributed by atoms with van der Waals surface area (Å²) in [6.45, 7) is 9.13. The summed E-state index contributed by atoms with van der Waals surface area (Å²) in [7, 11) is 0. The average molecular weight is 807 g/mol. The minimum Gasteiger partial charge on any atom is -0.309 e. The summed E-state index contributed by atoms with van der Waals surface area (Å²) in [6, 6.07) is 71.9. The number of aryl methyl sites for hydroxylation is 2. The second-order valence-corrected chi connectivity index (χ2v) is 18.0. The predicted molar refractivity (Wildman–Crippen MR) is 268 cm³/mol. The summed E-state index contributed by atoms with van der Waals surface area (Å²) in [5.74, 6) is 0. The van der Waals surface area contributed by atoms with Gasteiger partial charge in [-0.15, -0.1) is 0 Å². The molecule has 0 atom stereocenters. The van der Waals surface area contributed by atoms with Gasteiger partial charge in [0.15, 0.2) is 0 Å². The van der Waals surface area contributed by atoms with Crippen LogP contribution in [0.3, 0.4) is 0 Å². The van der Waals surface area contributed by atoms with Gasteiger partial charge >= 0.3 is 0 Å². The van der Waals surface area contributed by atoms with Gasteiger partial charge < -0.3 is 9.13 Å². The van der Waals surface area contributed by atoms with Crippen molar-refractivity contribution < 1.29 is 0 Å². The summed E-state index contributed by atoms with van der Waals surface area (Å²) < 4.78 is 4.79. The van der Waals surface area contributed by atoms with Gasteiger partial charge in [0.1, 0.15) is 0 Å². The molecule has 300 valence electrons. The number of rotatable bonds is 6. The van der Waals surface area contributed by atoms with Crippen LogP contribution in [0.5, 0.6) is 0 Å². The molecule has 0 aliphatic heterocycles. The molecule has 0 spiro atoms. The van der Waals surface area contributed by atoms with E-state index in [-0.39, 0.29) is 5.41 Å². The summed E-state index contributed by atoms with van der Waals surface area (Å²) >= 11 is 0. The molecule has 0 saturated heterocycles. The predicted octanol–water partition coefficient (Wildman–Crippen LogP) is 16.3. The van der Waals surface area contributed by atoms with Crippen LogP contribution in [-0.4, -0.2) is 9.13 Å². The third-order valence-electron chi connectivity index (χ3n) is 13.6. The summed E-state index contributed by atoms with van der Waals surface area (Å²) in [6.07, 6.45) is 4.50. The highest BCUT2D eigenvalue weighted by Crippen LogP contribution is 2.50. The van der Waals surface area contributed by atoms with Gasteiger partial charge in [-0.05, 0) is 147 Å². The van der Waals surface area contributed by atoms with Crippen molar-refractivity contribution >= 4 is 55.8 Å². The number of aromatic nitrogens is 2. The molecule has 1 aliphatic carbocycles. The van der Waals surface area contributed by atoms with E-state index in [4.69, 9.17) is 0 Å². The van der Waals surface area contributed by atoms with Gasteiger partial charge in [-0.25, -0.2) is 0 Å². The lowest BCUT2D eigenvalue weighted by molar-refractivity contribution is 0.660. The first-order valence-electron chi connectivity index (χ1n) is 22.1. The summed E-state index contributed by atoms with van der Waals surface area (Å²) in [5.41, 5.74) is 22.5. The van der Waals surface area contributed by atoms with E-state index >= 15 is 0 Å².